The molecular weight excluding hydrogens is 375 g/mol. The van der Waals surface area contributed by atoms with Crippen molar-refractivity contribution in [3.63, 3.8) is 0 Å². The Morgan fingerprint density at radius 1 is 1.04 bits per heavy atom. The second-order valence-corrected chi connectivity index (χ2v) is 6.41. The number of carbonyl (C=O) groups is 2. The Labute approximate surface area is 148 Å². The summed E-state index contributed by atoms with van der Waals surface area (Å²) in [6.07, 6.45) is 0. The van der Waals surface area contributed by atoms with Gasteiger partial charge in [-0.15, -0.1) is 0 Å². The van der Waals surface area contributed by atoms with Crippen LogP contribution in [0.25, 0.3) is 0 Å². The summed E-state index contributed by atoms with van der Waals surface area (Å²) in [5.74, 6) is -1.09. The van der Waals surface area contributed by atoms with Crippen LogP contribution in [0.1, 0.15) is 27.0 Å². The molecule has 126 valence electrons. The fourth-order valence-corrected chi connectivity index (χ4v) is 2.49. The predicted octanol–water partition coefficient (Wildman–Crippen LogP) is 3.25. The highest BCUT2D eigenvalue weighted by Gasteiger charge is 2.10. The number of halogens is 2. The molecule has 0 saturated carbocycles. The summed E-state index contributed by atoms with van der Waals surface area (Å²) in [4.78, 5) is 23.8. The van der Waals surface area contributed by atoms with Crippen molar-refractivity contribution in [2.75, 3.05) is 6.54 Å². The van der Waals surface area contributed by atoms with Gasteiger partial charge >= 0.3 is 0 Å². The summed E-state index contributed by atoms with van der Waals surface area (Å²) >= 11 is 3.25. The Kier molecular flexibility index (Phi) is 6.09. The van der Waals surface area contributed by atoms with Crippen molar-refractivity contribution in [1.29, 1.82) is 0 Å². The van der Waals surface area contributed by atoms with E-state index >= 15 is 0 Å². The van der Waals surface area contributed by atoms with Gasteiger partial charge in [0.25, 0.3) is 5.91 Å². The normalized spacial score (nSPS) is 10.3. The average molecular weight is 393 g/mol. The van der Waals surface area contributed by atoms with Crippen LogP contribution >= 0.6 is 15.9 Å². The molecule has 2 aromatic carbocycles. The lowest BCUT2D eigenvalue weighted by Crippen LogP contribution is -2.36. The van der Waals surface area contributed by atoms with Crippen LogP contribution in [0.15, 0.2) is 40.9 Å². The standard InChI is InChI=1S/C18H18BrFN2O2/c1-11-3-4-13(7-12(11)2)18(24)22-10-17(23)21-9-14-8-15(19)5-6-16(14)20/h3-8H,9-10H2,1-2H3,(H,21,23)(H,22,24). The zero-order valence-electron chi connectivity index (χ0n) is 13.5. The Bertz CT molecular complexity index is 778. The van der Waals surface area contributed by atoms with Crippen molar-refractivity contribution in [3.8, 4) is 0 Å². The first-order chi connectivity index (χ1) is 11.4. The molecule has 2 amide bonds. The molecule has 4 nitrogen and oxygen atoms in total. The van der Waals surface area contributed by atoms with Gasteiger partial charge in [0.05, 0.1) is 6.54 Å². The Morgan fingerprint density at radius 3 is 2.50 bits per heavy atom. The lowest BCUT2D eigenvalue weighted by Gasteiger charge is -2.09. The molecule has 0 spiro atoms. The predicted molar refractivity (Wildman–Crippen MR) is 94.2 cm³/mol. The van der Waals surface area contributed by atoms with Gasteiger partial charge in [0, 0.05) is 22.1 Å². The van der Waals surface area contributed by atoms with Crippen molar-refractivity contribution in [2.24, 2.45) is 0 Å². The summed E-state index contributed by atoms with van der Waals surface area (Å²) in [7, 11) is 0. The van der Waals surface area contributed by atoms with Crippen LogP contribution in [0.4, 0.5) is 4.39 Å². The molecule has 0 aromatic heterocycles. The Balaban J connectivity index is 1.85. The molecule has 0 unspecified atom stereocenters. The minimum atomic E-state index is -0.391. The number of aryl methyl sites for hydroxylation is 2. The SMILES string of the molecule is Cc1ccc(C(=O)NCC(=O)NCc2cc(Br)ccc2F)cc1C. The largest absolute Gasteiger partial charge is 0.350 e. The molecule has 2 rings (SSSR count). The summed E-state index contributed by atoms with van der Waals surface area (Å²) in [6.45, 7) is 3.78. The van der Waals surface area contributed by atoms with Gasteiger partial charge < -0.3 is 10.6 Å². The zero-order chi connectivity index (χ0) is 17.7. The van der Waals surface area contributed by atoms with Gasteiger partial charge in [-0.25, -0.2) is 4.39 Å². The van der Waals surface area contributed by atoms with E-state index in [2.05, 4.69) is 26.6 Å². The number of rotatable bonds is 5. The monoisotopic (exact) mass is 392 g/mol. The van der Waals surface area contributed by atoms with Crippen LogP contribution in [0.5, 0.6) is 0 Å². The van der Waals surface area contributed by atoms with Crippen LogP contribution in [0.3, 0.4) is 0 Å². The smallest absolute Gasteiger partial charge is 0.251 e. The summed E-state index contributed by atoms with van der Waals surface area (Å²) in [6, 6.07) is 9.87. The second kappa shape index (κ2) is 8.06. The molecule has 0 aliphatic heterocycles. The number of benzene rings is 2. The number of hydrogen-bond acceptors (Lipinski definition) is 2. The van der Waals surface area contributed by atoms with E-state index in [0.29, 0.717) is 11.1 Å². The molecule has 0 bridgehead atoms. The van der Waals surface area contributed by atoms with Gasteiger partial charge in [-0.3, -0.25) is 9.59 Å². The first-order valence-corrected chi connectivity index (χ1v) is 8.22. The maximum Gasteiger partial charge on any atom is 0.251 e. The van der Waals surface area contributed by atoms with Gasteiger partial charge in [-0.05, 0) is 55.3 Å². The van der Waals surface area contributed by atoms with E-state index in [-0.39, 0.29) is 24.9 Å². The van der Waals surface area contributed by atoms with Crippen LogP contribution in [0, 0.1) is 19.7 Å². The minimum Gasteiger partial charge on any atom is -0.350 e. The molecule has 0 aliphatic rings. The number of nitrogens with one attached hydrogen (secondary N) is 2. The molecular formula is C18H18BrFN2O2. The minimum absolute atomic E-state index is 0.0591. The van der Waals surface area contributed by atoms with E-state index in [1.165, 1.54) is 6.07 Å². The van der Waals surface area contributed by atoms with Gasteiger partial charge in [0.2, 0.25) is 5.91 Å². The molecule has 0 heterocycles. The molecule has 0 radical (unpaired) electrons. The number of hydrogen-bond donors (Lipinski definition) is 2. The van der Waals surface area contributed by atoms with Crippen molar-refractivity contribution in [1.82, 2.24) is 10.6 Å². The topological polar surface area (TPSA) is 58.2 Å². The second-order valence-electron chi connectivity index (χ2n) is 5.49. The maximum absolute atomic E-state index is 13.6. The van der Waals surface area contributed by atoms with Crippen LogP contribution < -0.4 is 10.6 Å². The highest BCUT2D eigenvalue weighted by molar-refractivity contribution is 9.10. The first-order valence-electron chi connectivity index (χ1n) is 7.43. The summed E-state index contributed by atoms with van der Waals surface area (Å²) in [5, 5.41) is 5.13. The van der Waals surface area contributed by atoms with E-state index in [9.17, 15) is 14.0 Å². The summed E-state index contributed by atoms with van der Waals surface area (Å²) < 4.78 is 14.3. The molecule has 2 aromatic rings. The van der Waals surface area contributed by atoms with E-state index in [1.54, 1.807) is 24.3 Å². The van der Waals surface area contributed by atoms with E-state index in [0.717, 1.165) is 15.6 Å². The molecule has 24 heavy (non-hydrogen) atoms. The Hall–Kier alpha value is -2.21. The molecule has 2 N–H and O–H groups in total. The third kappa shape index (κ3) is 4.89. The molecule has 0 fully saturated rings. The van der Waals surface area contributed by atoms with E-state index in [4.69, 9.17) is 0 Å². The highest BCUT2D eigenvalue weighted by atomic mass is 79.9. The maximum atomic E-state index is 13.6. The third-order valence-corrected chi connectivity index (χ3v) is 4.16. The Morgan fingerprint density at radius 2 is 1.79 bits per heavy atom. The average Bonchev–Trinajstić information content (AvgIpc) is 2.56. The number of amides is 2. The zero-order valence-corrected chi connectivity index (χ0v) is 15.0. The number of carbonyl (C=O) groups excluding carboxylic acids is 2. The fraction of sp³-hybridized carbons (Fsp3) is 0.222. The lowest BCUT2D eigenvalue weighted by atomic mass is 10.1. The van der Waals surface area contributed by atoms with Crippen LogP contribution in [-0.4, -0.2) is 18.4 Å². The van der Waals surface area contributed by atoms with Crippen molar-refractivity contribution in [3.05, 3.63) is 68.9 Å². The van der Waals surface area contributed by atoms with Crippen LogP contribution in [-0.2, 0) is 11.3 Å². The first kappa shape index (κ1) is 18.1. The van der Waals surface area contributed by atoms with Crippen molar-refractivity contribution in [2.45, 2.75) is 20.4 Å². The van der Waals surface area contributed by atoms with Crippen molar-refractivity contribution < 1.29 is 14.0 Å². The fourth-order valence-electron chi connectivity index (χ4n) is 2.08. The molecule has 0 aliphatic carbocycles. The third-order valence-electron chi connectivity index (χ3n) is 3.66. The molecule has 0 saturated heterocycles. The quantitative estimate of drug-likeness (QED) is 0.820. The van der Waals surface area contributed by atoms with Gasteiger partial charge in [0.1, 0.15) is 5.82 Å². The van der Waals surface area contributed by atoms with Crippen LogP contribution in [0.2, 0.25) is 0 Å². The van der Waals surface area contributed by atoms with E-state index in [1.807, 2.05) is 19.9 Å². The lowest BCUT2D eigenvalue weighted by molar-refractivity contribution is -0.120. The highest BCUT2D eigenvalue weighted by Crippen LogP contribution is 2.15. The van der Waals surface area contributed by atoms with Crippen molar-refractivity contribution >= 4 is 27.7 Å². The van der Waals surface area contributed by atoms with Gasteiger partial charge in [-0.2, -0.15) is 0 Å². The van der Waals surface area contributed by atoms with E-state index < -0.39 is 5.82 Å². The summed E-state index contributed by atoms with van der Waals surface area (Å²) in [5.41, 5.74) is 2.99. The van der Waals surface area contributed by atoms with Gasteiger partial charge in [-0.1, -0.05) is 22.0 Å². The van der Waals surface area contributed by atoms with Gasteiger partial charge in [0.15, 0.2) is 0 Å². The molecule has 6 heteroatoms. The molecule has 0 atom stereocenters.